The number of nitrogens with zero attached hydrogens (tertiary/aromatic N) is 4. The van der Waals surface area contributed by atoms with E-state index in [1.165, 1.54) is 48.6 Å². The van der Waals surface area contributed by atoms with Gasteiger partial charge in [-0.15, -0.1) is 0 Å². The summed E-state index contributed by atoms with van der Waals surface area (Å²) in [5.41, 5.74) is -0.0150. The van der Waals surface area contributed by atoms with Crippen LogP contribution in [0.15, 0.2) is 180 Å². The molecule has 0 saturated heterocycles. The molecule has 0 aliphatic heterocycles. The Morgan fingerprint density at radius 1 is 0.394 bits per heavy atom. The van der Waals surface area contributed by atoms with Gasteiger partial charge in [-0.05, 0) is 83.9 Å². The minimum Gasteiger partial charge on any atom is -0.744 e. The van der Waals surface area contributed by atoms with E-state index >= 15 is 0 Å². The largest absolute Gasteiger partial charge is 1.00 e. The molecule has 0 aliphatic carbocycles. The molecule has 0 spiro atoms. The van der Waals surface area contributed by atoms with E-state index in [1.807, 2.05) is 24.3 Å². The molecular weight excluding hydrogens is 907 g/mol. The number of anilines is 4. The van der Waals surface area contributed by atoms with Crippen LogP contribution in [0.5, 0.6) is 46.5 Å². The van der Waals surface area contributed by atoms with Crippen molar-refractivity contribution in [3.8, 4) is 46.5 Å². The van der Waals surface area contributed by atoms with Gasteiger partial charge in [-0.1, -0.05) is 97.1 Å². The Labute approximate surface area is 423 Å². The molecule has 8 rings (SSSR count). The quantitative estimate of drug-likeness (QED) is 0.0796. The Kier molecular flexibility index (Phi) is 16.7. The summed E-state index contributed by atoms with van der Waals surface area (Å²) < 4.78 is 99.3. The minimum atomic E-state index is -5.13. The van der Waals surface area contributed by atoms with Gasteiger partial charge >= 0.3 is 59.1 Å². The van der Waals surface area contributed by atoms with Gasteiger partial charge in [-0.2, -0.15) is 19.9 Å². The normalized spacial score (nSPS) is 11.1. The van der Waals surface area contributed by atoms with Gasteiger partial charge < -0.3 is 38.7 Å². The zero-order valence-corrected chi connectivity index (χ0v) is 40.6. The van der Waals surface area contributed by atoms with E-state index in [0.29, 0.717) is 23.0 Å². The van der Waals surface area contributed by atoms with Crippen LogP contribution in [0.3, 0.4) is 0 Å². The average Bonchev–Trinajstić information content (AvgIpc) is 3.27. The van der Waals surface area contributed by atoms with Gasteiger partial charge in [0.25, 0.3) is 0 Å². The first kappa shape index (κ1) is 49.3. The number of benzene rings is 6. The van der Waals surface area contributed by atoms with E-state index < -0.39 is 30.0 Å². The summed E-state index contributed by atoms with van der Waals surface area (Å²) in [6.45, 7) is 0. The summed E-state index contributed by atoms with van der Waals surface area (Å²) >= 11 is 0. The van der Waals surface area contributed by atoms with Gasteiger partial charge in [-0.3, -0.25) is 0 Å². The van der Waals surface area contributed by atoms with Gasteiger partial charge in [0, 0.05) is 11.4 Å². The number of ether oxygens (including phenoxy) is 4. The van der Waals surface area contributed by atoms with Crippen molar-refractivity contribution in [1.29, 1.82) is 0 Å². The van der Waals surface area contributed by atoms with Crippen LogP contribution in [-0.4, -0.2) is 45.9 Å². The summed E-state index contributed by atoms with van der Waals surface area (Å²) in [7, 11) is -10.3. The Hall–Kier alpha value is -6.16. The first-order valence-corrected chi connectivity index (χ1v) is 21.8. The summed E-state index contributed by atoms with van der Waals surface area (Å²) in [6, 6.07) is 45.9. The second-order valence-electron chi connectivity index (χ2n) is 13.4. The predicted octanol–water partition coefficient (Wildman–Crippen LogP) is 3.91. The zero-order valence-electron chi connectivity index (χ0n) is 35.0. The average molecular weight is 939 g/mol. The van der Waals surface area contributed by atoms with Crippen LogP contribution in [0.25, 0.3) is 12.2 Å². The molecule has 0 bridgehead atoms. The summed E-state index contributed by atoms with van der Waals surface area (Å²) in [5.74, 6) is 2.16. The SMILES string of the molecule is O=S(=O)([O-])c1cc(Nc2nc(Oc3ccccc3)cc(Oc3ccccc3)n2)ccc1/C=C/c1ccc(Nc2nc(Oc3ccccc3)cc(Oc3ccccc3)n2)cc1S(=O)(=O)[O-].[Na+].[Na+]. The van der Waals surface area contributed by atoms with Crippen molar-refractivity contribution >= 4 is 55.7 Å². The standard InChI is InChI=1S/C46H34N6O10S2.2Na/c53-63(54,55)39-27-33(47-45-49-41(59-35-13-5-1-6-14-35)29-42(50-45)60-36-15-7-2-8-16-36)25-23-31(39)21-22-32-24-26-34(28-40(32)64(56,57)58)48-46-51-43(61-37-17-9-3-10-18-37)30-44(52-46)62-38-19-11-4-12-20-38;;/h1-30H,(H,47,49,50)(H,48,51,52)(H,53,54,55)(H,56,57,58);;/q;2*+1/p-2/b22-21+;;. The Morgan fingerprint density at radius 2 is 0.667 bits per heavy atom. The van der Waals surface area contributed by atoms with Crippen molar-refractivity contribution in [1.82, 2.24) is 19.9 Å². The van der Waals surface area contributed by atoms with Crippen LogP contribution in [-0.2, 0) is 20.2 Å². The molecule has 0 aliphatic rings. The maximum atomic E-state index is 12.6. The Morgan fingerprint density at radius 3 is 0.924 bits per heavy atom. The zero-order chi connectivity index (χ0) is 44.5. The number of aromatic nitrogens is 4. The van der Waals surface area contributed by atoms with Crippen LogP contribution in [0, 0.1) is 0 Å². The van der Waals surface area contributed by atoms with E-state index in [-0.39, 0.29) is 117 Å². The first-order chi connectivity index (χ1) is 30.9. The van der Waals surface area contributed by atoms with Crippen LogP contribution >= 0.6 is 0 Å². The molecule has 2 heterocycles. The maximum absolute atomic E-state index is 12.6. The van der Waals surface area contributed by atoms with Crippen molar-refractivity contribution < 1.29 is 104 Å². The third kappa shape index (κ3) is 13.7. The summed E-state index contributed by atoms with van der Waals surface area (Å²) in [5, 5.41) is 5.79. The fraction of sp³-hybridized carbons (Fsp3) is 0. The fourth-order valence-electron chi connectivity index (χ4n) is 5.94. The van der Waals surface area contributed by atoms with Crippen LogP contribution in [0.2, 0.25) is 0 Å². The number of hydrogen-bond donors (Lipinski definition) is 2. The van der Waals surface area contributed by atoms with Gasteiger partial charge in [0.1, 0.15) is 43.2 Å². The van der Waals surface area contributed by atoms with Crippen molar-refractivity contribution in [2.24, 2.45) is 0 Å². The smallest absolute Gasteiger partial charge is 0.744 e. The Bertz CT molecular complexity index is 2850. The van der Waals surface area contributed by atoms with E-state index in [1.54, 1.807) is 97.1 Å². The van der Waals surface area contributed by atoms with E-state index in [4.69, 9.17) is 18.9 Å². The summed E-state index contributed by atoms with van der Waals surface area (Å²) in [4.78, 5) is 16.2. The van der Waals surface area contributed by atoms with E-state index in [9.17, 15) is 25.9 Å². The van der Waals surface area contributed by atoms with Crippen LogP contribution in [0.1, 0.15) is 11.1 Å². The molecule has 0 radical (unpaired) electrons. The fourth-order valence-corrected chi connectivity index (χ4v) is 7.33. The molecule has 66 heavy (non-hydrogen) atoms. The van der Waals surface area contributed by atoms with Gasteiger partial charge in [0.05, 0.1) is 21.9 Å². The monoisotopic (exact) mass is 938 g/mol. The molecule has 0 fully saturated rings. The molecular formula is C46H32N6Na2O10S2. The van der Waals surface area contributed by atoms with Crippen LogP contribution < -0.4 is 88.7 Å². The van der Waals surface area contributed by atoms with Crippen molar-refractivity contribution in [2.45, 2.75) is 9.79 Å². The third-order valence-corrected chi connectivity index (χ3v) is 10.5. The molecule has 8 aromatic rings. The number of hydrogen-bond acceptors (Lipinski definition) is 16. The van der Waals surface area contributed by atoms with Gasteiger partial charge in [0.15, 0.2) is 0 Å². The maximum Gasteiger partial charge on any atom is 1.00 e. The molecule has 2 N–H and O–H groups in total. The molecule has 6 aromatic carbocycles. The van der Waals surface area contributed by atoms with Gasteiger partial charge in [0.2, 0.25) is 35.4 Å². The molecule has 320 valence electrons. The third-order valence-electron chi connectivity index (χ3n) is 8.74. The first-order valence-electron chi connectivity index (χ1n) is 19.0. The molecule has 0 unspecified atom stereocenters. The number of rotatable bonds is 16. The topological polar surface area (TPSA) is 227 Å². The van der Waals surface area contributed by atoms with E-state index in [2.05, 4.69) is 30.6 Å². The number of para-hydroxylation sites is 4. The second-order valence-corrected chi connectivity index (χ2v) is 16.1. The van der Waals surface area contributed by atoms with Gasteiger partial charge in [-0.25, -0.2) is 16.8 Å². The summed E-state index contributed by atoms with van der Waals surface area (Å²) in [6.07, 6.45) is 2.39. The van der Waals surface area contributed by atoms with E-state index in [0.717, 1.165) is 12.1 Å². The molecule has 0 saturated carbocycles. The number of nitrogens with one attached hydrogen (secondary N) is 2. The second kappa shape index (κ2) is 22.4. The Balaban J connectivity index is 0.00000360. The molecule has 0 atom stereocenters. The molecule has 20 heteroatoms. The molecule has 2 aromatic heterocycles. The van der Waals surface area contributed by atoms with Crippen molar-refractivity contribution in [2.75, 3.05) is 10.6 Å². The van der Waals surface area contributed by atoms with Crippen LogP contribution in [0.4, 0.5) is 23.3 Å². The van der Waals surface area contributed by atoms with Crippen molar-refractivity contribution in [3.63, 3.8) is 0 Å². The predicted molar refractivity (Wildman–Crippen MR) is 234 cm³/mol. The van der Waals surface area contributed by atoms with Crippen molar-refractivity contribution in [3.05, 3.63) is 181 Å². The molecule has 16 nitrogen and oxygen atoms in total. The minimum absolute atomic E-state index is 0. The molecule has 0 amide bonds.